The Bertz CT molecular complexity index is 281. The van der Waals surface area contributed by atoms with Crippen LogP contribution in [0.5, 0.6) is 0 Å². The zero-order chi connectivity index (χ0) is 10.1. The second-order valence-corrected chi connectivity index (χ2v) is 4.46. The lowest BCUT2D eigenvalue weighted by atomic mass is 9.81. The maximum absolute atomic E-state index is 5.55. The number of rotatable bonds is 3. The third-order valence-corrected chi connectivity index (χ3v) is 2.65. The predicted molar refractivity (Wildman–Crippen MR) is 56.1 cm³/mol. The van der Waals surface area contributed by atoms with Crippen molar-refractivity contribution in [3.05, 3.63) is 23.2 Å². The van der Waals surface area contributed by atoms with Gasteiger partial charge < -0.3 is 4.42 Å². The Balaban J connectivity index is 2.98. The van der Waals surface area contributed by atoms with Crippen LogP contribution in [-0.4, -0.2) is 0 Å². The second kappa shape index (κ2) is 3.57. The third-order valence-electron chi connectivity index (χ3n) is 2.65. The van der Waals surface area contributed by atoms with E-state index in [0.29, 0.717) is 0 Å². The molecule has 0 saturated carbocycles. The van der Waals surface area contributed by atoms with E-state index >= 15 is 0 Å². The van der Waals surface area contributed by atoms with E-state index in [9.17, 15) is 0 Å². The van der Waals surface area contributed by atoms with E-state index in [2.05, 4.69) is 33.8 Å². The summed E-state index contributed by atoms with van der Waals surface area (Å²) < 4.78 is 5.55. The van der Waals surface area contributed by atoms with Crippen LogP contribution in [0.4, 0.5) is 0 Å². The van der Waals surface area contributed by atoms with Crippen LogP contribution in [0.25, 0.3) is 0 Å². The highest BCUT2D eigenvalue weighted by atomic mass is 16.3. The van der Waals surface area contributed by atoms with Crippen molar-refractivity contribution in [2.24, 2.45) is 0 Å². The minimum Gasteiger partial charge on any atom is -0.466 e. The standard InChI is InChI=1S/C12H20O/c1-6-7-12(4,5)11-8-9(2)13-10(11)3/h8H,6-7H2,1-5H3. The summed E-state index contributed by atoms with van der Waals surface area (Å²) in [5, 5.41) is 0. The van der Waals surface area contributed by atoms with Gasteiger partial charge in [-0.1, -0.05) is 27.2 Å². The molecular formula is C12H20O. The van der Waals surface area contributed by atoms with Crippen molar-refractivity contribution >= 4 is 0 Å². The molecule has 0 fully saturated rings. The van der Waals surface area contributed by atoms with Crippen LogP contribution in [0.2, 0.25) is 0 Å². The molecule has 0 atom stereocenters. The maximum Gasteiger partial charge on any atom is 0.104 e. The highest BCUT2D eigenvalue weighted by Crippen LogP contribution is 2.32. The van der Waals surface area contributed by atoms with E-state index in [4.69, 9.17) is 4.42 Å². The van der Waals surface area contributed by atoms with Gasteiger partial charge in [-0.3, -0.25) is 0 Å². The van der Waals surface area contributed by atoms with Crippen molar-refractivity contribution in [2.45, 2.75) is 52.9 Å². The first-order valence-electron chi connectivity index (χ1n) is 5.05. The summed E-state index contributed by atoms with van der Waals surface area (Å²) in [7, 11) is 0. The van der Waals surface area contributed by atoms with Crippen LogP contribution in [-0.2, 0) is 5.41 Å². The molecule has 0 aliphatic heterocycles. The minimum absolute atomic E-state index is 0.261. The summed E-state index contributed by atoms with van der Waals surface area (Å²) in [6, 6.07) is 2.17. The van der Waals surface area contributed by atoms with Gasteiger partial charge in [0.15, 0.2) is 0 Å². The highest BCUT2D eigenvalue weighted by Gasteiger charge is 2.23. The summed E-state index contributed by atoms with van der Waals surface area (Å²) in [5.41, 5.74) is 1.63. The molecule has 0 N–H and O–H groups in total. The Morgan fingerprint density at radius 1 is 1.31 bits per heavy atom. The first kappa shape index (κ1) is 10.4. The number of aryl methyl sites for hydroxylation is 2. The van der Waals surface area contributed by atoms with Crippen molar-refractivity contribution in [2.75, 3.05) is 0 Å². The fraction of sp³-hybridized carbons (Fsp3) is 0.667. The normalized spacial score (nSPS) is 12.1. The fourth-order valence-electron chi connectivity index (χ4n) is 2.06. The molecule has 1 nitrogen and oxygen atoms in total. The van der Waals surface area contributed by atoms with Crippen molar-refractivity contribution in [3.63, 3.8) is 0 Å². The molecular weight excluding hydrogens is 160 g/mol. The first-order valence-corrected chi connectivity index (χ1v) is 5.05. The van der Waals surface area contributed by atoms with Crippen molar-refractivity contribution in [1.82, 2.24) is 0 Å². The van der Waals surface area contributed by atoms with Gasteiger partial charge in [-0.2, -0.15) is 0 Å². The fourth-order valence-corrected chi connectivity index (χ4v) is 2.06. The Hall–Kier alpha value is -0.720. The molecule has 13 heavy (non-hydrogen) atoms. The van der Waals surface area contributed by atoms with Crippen molar-refractivity contribution in [1.29, 1.82) is 0 Å². The van der Waals surface area contributed by atoms with Gasteiger partial charge in [-0.25, -0.2) is 0 Å². The van der Waals surface area contributed by atoms with E-state index in [0.717, 1.165) is 11.5 Å². The molecule has 0 aliphatic carbocycles. The SMILES string of the molecule is CCCC(C)(C)c1cc(C)oc1C. The van der Waals surface area contributed by atoms with Crippen LogP contribution in [0.1, 0.15) is 50.7 Å². The van der Waals surface area contributed by atoms with Gasteiger partial charge in [0, 0.05) is 0 Å². The minimum atomic E-state index is 0.261. The first-order chi connectivity index (χ1) is 5.97. The lowest BCUT2D eigenvalue weighted by Crippen LogP contribution is -2.16. The molecule has 0 radical (unpaired) electrons. The molecule has 0 aromatic carbocycles. The zero-order valence-corrected chi connectivity index (χ0v) is 9.40. The highest BCUT2D eigenvalue weighted by molar-refractivity contribution is 5.28. The number of furan rings is 1. The molecule has 0 amide bonds. The van der Waals surface area contributed by atoms with Gasteiger partial charge in [-0.05, 0) is 37.3 Å². The van der Waals surface area contributed by atoms with Gasteiger partial charge >= 0.3 is 0 Å². The van der Waals surface area contributed by atoms with Gasteiger partial charge in [0.1, 0.15) is 11.5 Å². The molecule has 1 aromatic rings. The van der Waals surface area contributed by atoms with Gasteiger partial charge in [0.05, 0.1) is 0 Å². The smallest absolute Gasteiger partial charge is 0.104 e. The topological polar surface area (TPSA) is 13.1 Å². The van der Waals surface area contributed by atoms with Gasteiger partial charge in [-0.15, -0.1) is 0 Å². The average Bonchev–Trinajstić information content (AvgIpc) is 2.30. The Morgan fingerprint density at radius 2 is 1.92 bits per heavy atom. The van der Waals surface area contributed by atoms with Crippen LogP contribution in [0.15, 0.2) is 10.5 Å². The summed E-state index contributed by atoms with van der Waals surface area (Å²) in [5.74, 6) is 2.10. The molecule has 0 bridgehead atoms. The summed E-state index contributed by atoms with van der Waals surface area (Å²) in [6.45, 7) is 10.9. The van der Waals surface area contributed by atoms with E-state index in [-0.39, 0.29) is 5.41 Å². The van der Waals surface area contributed by atoms with E-state index < -0.39 is 0 Å². The quantitative estimate of drug-likeness (QED) is 0.686. The molecule has 0 aliphatic rings. The maximum atomic E-state index is 5.55. The third kappa shape index (κ3) is 2.15. The van der Waals surface area contributed by atoms with Crippen LogP contribution in [0.3, 0.4) is 0 Å². The monoisotopic (exact) mass is 180 g/mol. The Morgan fingerprint density at radius 3 is 2.31 bits per heavy atom. The summed E-state index contributed by atoms with van der Waals surface area (Å²) in [6.07, 6.45) is 2.43. The lowest BCUT2D eigenvalue weighted by Gasteiger charge is -2.23. The molecule has 1 heterocycles. The van der Waals surface area contributed by atoms with Crippen molar-refractivity contribution in [3.8, 4) is 0 Å². The van der Waals surface area contributed by atoms with E-state index in [1.165, 1.54) is 18.4 Å². The Labute approximate surface area is 81.1 Å². The molecule has 1 heteroatoms. The molecule has 1 rings (SSSR count). The van der Waals surface area contributed by atoms with Crippen LogP contribution < -0.4 is 0 Å². The zero-order valence-electron chi connectivity index (χ0n) is 9.40. The summed E-state index contributed by atoms with van der Waals surface area (Å²) >= 11 is 0. The van der Waals surface area contributed by atoms with Crippen LogP contribution >= 0.6 is 0 Å². The predicted octanol–water partition coefficient (Wildman–Crippen LogP) is 3.97. The second-order valence-electron chi connectivity index (χ2n) is 4.46. The number of hydrogen-bond donors (Lipinski definition) is 0. The largest absolute Gasteiger partial charge is 0.466 e. The van der Waals surface area contributed by atoms with E-state index in [1.807, 2.05) is 6.92 Å². The molecule has 74 valence electrons. The number of hydrogen-bond acceptors (Lipinski definition) is 1. The van der Waals surface area contributed by atoms with E-state index in [1.54, 1.807) is 0 Å². The lowest BCUT2D eigenvalue weighted by molar-refractivity contribution is 0.447. The van der Waals surface area contributed by atoms with Crippen LogP contribution in [0, 0.1) is 13.8 Å². The molecule has 0 saturated heterocycles. The van der Waals surface area contributed by atoms with Gasteiger partial charge in [0.2, 0.25) is 0 Å². The molecule has 1 aromatic heterocycles. The molecule has 0 spiro atoms. The average molecular weight is 180 g/mol. The molecule has 0 unspecified atom stereocenters. The van der Waals surface area contributed by atoms with Crippen molar-refractivity contribution < 1.29 is 4.42 Å². The summed E-state index contributed by atoms with van der Waals surface area (Å²) in [4.78, 5) is 0. The van der Waals surface area contributed by atoms with Gasteiger partial charge in [0.25, 0.3) is 0 Å². The Kier molecular flexibility index (Phi) is 2.84.